The molecule has 0 aliphatic carbocycles. The average molecular weight is 521 g/mol. The van der Waals surface area contributed by atoms with Gasteiger partial charge in [0.05, 0.1) is 16.6 Å². The Labute approximate surface area is 236 Å². The van der Waals surface area contributed by atoms with Crippen molar-refractivity contribution in [2.75, 3.05) is 0 Å². The van der Waals surface area contributed by atoms with Crippen LogP contribution >= 0.6 is 0 Å². The monoisotopic (exact) mass is 520 g/mol. The number of hydrogen-bond acceptors (Lipinski definition) is 1. The molecule has 9 rings (SSSR count). The van der Waals surface area contributed by atoms with E-state index in [4.69, 9.17) is 4.98 Å². The van der Waals surface area contributed by atoms with Crippen LogP contribution in [0.15, 0.2) is 146 Å². The average Bonchev–Trinajstić information content (AvgIpc) is 3.44. The fourth-order valence-corrected chi connectivity index (χ4v) is 6.47. The van der Waals surface area contributed by atoms with E-state index in [9.17, 15) is 0 Å². The van der Waals surface area contributed by atoms with E-state index >= 15 is 0 Å². The minimum atomic E-state index is 1.00. The highest BCUT2D eigenvalue weighted by atomic mass is 15.0. The lowest BCUT2D eigenvalue weighted by molar-refractivity contribution is 1.32. The summed E-state index contributed by atoms with van der Waals surface area (Å²) in [5.41, 5.74) is 9.16. The van der Waals surface area contributed by atoms with Gasteiger partial charge in [0.1, 0.15) is 5.65 Å². The number of para-hydroxylation sites is 2. The van der Waals surface area contributed by atoms with E-state index < -0.39 is 0 Å². The van der Waals surface area contributed by atoms with Gasteiger partial charge in [-0.2, -0.15) is 0 Å². The van der Waals surface area contributed by atoms with Crippen molar-refractivity contribution < 1.29 is 0 Å². The van der Waals surface area contributed by atoms with E-state index in [0.29, 0.717) is 0 Å². The molecule has 190 valence electrons. The standard InChI is InChI=1S/C39H24N2/c1-2-9-26-20-31(17-16-25(26)8-1)27-12-7-13-28(21-27)32-18-19-33-34-22-29-10-3-4-11-30(29)23-35(34)39-40-36-14-5-6-15-37(36)41(39)38(33)24-32/h1-24H. The first-order valence-electron chi connectivity index (χ1n) is 14.1. The number of hydrogen-bond donors (Lipinski definition) is 0. The third-order valence-electron chi connectivity index (χ3n) is 8.50. The zero-order valence-electron chi connectivity index (χ0n) is 22.3. The fourth-order valence-electron chi connectivity index (χ4n) is 6.47. The second-order valence-electron chi connectivity index (χ2n) is 10.9. The van der Waals surface area contributed by atoms with Gasteiger partial charge in [-0.15, -0.1) is 0 Å². The molecule has 0 spiro atoms. The molecule has 0 atom stereocenters. The molecular formula is C39H24N2. The van der Waals surface area contributed by atoms with Gasteiger partial charge in [-0.05, 0) is 91.6 Å². The van der Waals surface area contributed by atoms with Crippen molar-refractivity contribution in [1.82, 2.24) is 9.38 Å². The highest BCUT2D eigenvalue weighted by Gasteiger charge is 2.15. The fraction of sp³-hybridized carbons (Fsp3) is 0. The van der Waals surface area contributed by atoms with Crippen LogP contribution in [-0.2, 0) is 0 Å². The Morgan fingerprint density at radius 2 is 0.976 bits per heavy atom. The molecule has 2 nitrogen and oxygen atoms in total. The van der Waals surface area contributed by atoms with Gasteiger partial charge < -0.3 is 0 Å². The molecule has 0 aliphatic heterocycles. The van der Waals surface area contributed by atoms with Crippen LogP contribution in [-0.4, -0.2) is 9.38 Å². The van der Waals surface area contributed by atoms with Gasteiger partial charge in [-0.1, -0.05) is 103 Å². The number of aromatic nitrogens is 2. The lowest BCUT2D eigenvalue weighted by atomic mass is 9.95. The van der Waals surface area contributed by atoms with Crippen LogP contribution in [0.1, 0.15) is 0 Å². The predicted molar refractivity (Wildman–Crippen MR) is 174 cm³/mol. The molecule has 0 saturated carbocycles. The summed E-state index contributed by atoms with van der Waals surface area (Å²) < 4.78 is 2.35. The van der Waals surface area contributed by atoms with Gasteiger partial charge in [0, 0.05) is 10.8 Å². The van der Waals surface area contributed by atoms with E-state index in [2.05, 4.69) is 150 Å². The van der Waals surface area contributed by atoms with Crippen LogP contribution in [0.3, 0.4) is 0 Å². The van der Waals surface area contributed by atoms with E-state index in [1.54, 1.807) is 0 Å². The topological polar surface area (TPSA) is 17.3 Å². The van der Waals surface area contributed by atoms with Gasteiger partial charge in [-0.3, -0.25) is 4.40 Å². The molecule has 41 heavy (non-hydrogen) atoms. The highest BCUT2D eigenvalue weighted by molar-refractivity contribution is 6.18. The molecule has 2 heterocycles. The molecule has 0 N–H and O–H groups in total. The number of rotatable bonds is 2. The summed E-state index contributed by atoms with van der Waals surface area (Å²) in [4.78, 5) is 5.14. The van der Waals surface area contributed by atoms with E-state index in [-0.39, 0.29) is 0 Å². The smallest absolute Gasteiger partial charge is 0.146 e. The Morgan fingerprint density at radius 1 is 0.366 bits per heavy atom. The lowest BCUT2D eigenvalue weighted by Gasteiger charge is -2.13. The van der Waals surface area contributed by atoms with E-state index in [1.165, 1.54) is 65.5 Å². The third-order valence-corrected chi connectivity index (χ3v) is 8.50. The summed E-state index contributed by atoms with van der Waals surface area (Å²) in [5.74, 6) is 0. The van der Waals surface area contributed by atoms with Crippen molar-refractivity contribution in [2.24, 2.45) is 0 Å². The van der Waals surface area contributed by atoms with Crippen LogP contribution in [0, 0.1) is 0 Å². The normalized spacial score (nSPS) is 11.9. The Hall–Kier alpha value is -5.47. The van der Waals surface area contributed by atoms with Gasteiger partial charge in [0.2, 0.25) is 0 Å². The second-order valence-corrected chi connectivity index (χ2v) is 10.9. The number of fused-ring (bicyclic) bond motifs is 10. The van der Waals surface area contributed by atoms with Crippen LogP contribution in [0.5, 0.6) is 0 Å². The molecule has 0 amide bonds. The summed E-state index contributed by atoms with van der Waals surface area (Å²) in [5, 5.41) is 8.64. The van der Waals surface area contributed by atoms with Crippen molar-refractivity contribution in [2.45, 2.75) is 0 Å². The van der Waals surface area contributed by atoms with Gasteiger partial charge in [-0.25, -0.2) is 4.98 Å². The summed E-state index contributed by atoms with van der Waals surface area (Å²) in [7, 11) is 0. The van der Waals surface area contributed by atoms with Crippen molar-refractivity contribution in [3.8, 4) is 22.3 Å². The molecule has 0 radical (unpaired) electrons. The number of pyridine rings is 1. The molecule has 2 heteroatoms. The molecule has 2 aromatic heterocycles. The van der Waals surface area contributed by atoms with Crippen LogP contribution in [0.25, 0.3) is 82.2 Å². The zero-order valence-corrected chi connectivity index (χ0v) is 22.3. The summed E-state index contributed by atoms with van der Waals surface area (Å²) in [6, 6.07) is 52.7. The number of benzene rings is 7. The predicted octanol–water partition coefficient (Wildman–Crippen LogP) is 10.4. The van der Waals surface area contributed by atoms with Crippen molar-refractivity contribution in [3.63, 3.8) is 0 Å². The quantitative estimate of drug-likeness (QED) is 0.164. The summed E-state index contributed by atoms with van der Waals surface area (Å²) in [6.07, 6.45) is 0. The lowest BCUT2D eigenvalue weighted by Crippen LogP contribution is -1.93. The Bertz CT molecular complexity index is 2480. The Kier molecular flexibility index (Phi) is 4.64. The number of nitrogens with zero attached hydrogens (tertiary/aromatic N) is 2. The zero-order chi connectivity index (χ0) is 26.9. The minimum Gasteiger partial charge on any atom is -0.292 e. The van der Waals surface area contributed by atoms with Crippen LogP contribution in [0.4, 0.5) is 0 Å². The van der Waals surface area contributed by atoms with Crippen molar-refractivity contribution >= 4 is 59.9 Å². The Balaban J connectivity index is 1.31. The molecule has 0 unspecified atom stereocenters. The molecule has 9 aromatic rings. The van der Waals surface area contributed by atoms with Crippen LogP contribution in [0.2, 0.25) is 0 Å². The summed E-state index contributed by atoms with van der Waals surface area (Å²) >= 11 is 0. The molecule has 0 aliphatic rings. The first kappa shape index (κ1) is 22.4. The molecular weight excluding hydrogens is 496 g/mol. The Morgan fingerprint density at radius 3 is 1.78 bits per heavy atom. The maximum atomic E-state index is 5.14. The SMILES string of the molecule is c1cc(-c2ccc3ccccc3c2)cc(-c2ccc3c4cc5ccccc5cc4c4nc5ccccc5n4c3c2)c1. The molecule has 0 saturated heterocycles. The van der Waals surface area contributed by atoms with E-state index in [0.717, 1.165) is 16.7 Å². The minimum absolute atomic E-state index is 1.00. The maximum Gasteiger partial charge on any atom is 0.146 e. The first-order chi connectivity index (χ1) is 20.3. The van der Waals surface area contributed by atoms with Gasteiger partial charge in [0.15, 0.2) is 0 Å². The van der Waals surface area contributed by atoms with Crippen molar-refractivity contribution in [3.05, 3.63) is 146 Å². The van der Waals surface area contributed by atoms with Gasteiger partial charge in [0.25, 0.3) is 0 Å². The van der Waals surface area contributed by atoms with E-state index in [1.807, 2.05) is 0 Å². The second kappa shape index (κ2) is 8.51. The first-order valence-corrected chi connectivity index (χ1v) is 14.1. The van der Waals surface area contributed by atoms with Crippen molar-refractivity contribution in [1.29, 1.82) is 0 Å². The molecule has 0 fully saturated rings. The summed E-state index contributed by atoms with van der Waals surface area (Å²) in [6.45, 7) is 0. The van der Waals surface area contributed by atoms with Gasteiger partial charge >= 0.3 is 0 Å². The molecule has 7 aromatic carbocycles. The highest BCUT2D eigenvalue weighted by Crippen LogP contribution is 2.37. The maximum absolute atomic E-state index is 5.14. The largest absolute Gasteiger partial charge is 0.292 e. The third kappa shape index (κ3) is 3.41. The molecule has 0 bridgehead atoms. The van der Waals surface area contributed by atoms with Crippen LogP contribution < -0.4 is 0 Å². The number of imidazole rings is 1.